The zero-order valence-corrected chi connectivity index (χ0v) is 10.6. The van der Waals surface area contributed by atoms with Crippen molar-refractivity contribution in [3.8, 4) is 0 Å². The third-order valence-electron chi connectivity index (χ3n) is 3.79. The van der Waals surface area contributed by atoms with Gasteiger partial charge in [0, 0.05) is 12.1 Å². The number of hydrogen-bond donors (Lipinski definition) is 0. The van der Waals surface area contributed by atoms with Crippen molar-refractivity contribution in [3.63, 3.8) is 0 Å². The number of fused-ring (bicyclic) bond motifs is 1. The van der Waals surface area contributed by atoms with Crippen molar-refractivity contribution >= 4 is 11.3 Å². The maximum absolute atomic E-state index is 11.9. The summed E-state index contributed by atoms with van der Waals surface area (Å²) in [5.74, 6) is 0.526. The van der Waals surface area contributed by atoms with Crippen LogP contribution in [-0.2, 0) is 0 Å². The highest BCUT2D eigenvalue weighted by atomic mass is 16.1. The SMILES string of the molecule is CC(=O)c1c(C2CCCCC2)nn2ncccc12. The van der Waals surface area contributed by atoms with E-state index in [0.717, 1.165) is 29.6 Å². The van der Waals surface area contributed by atoms with Crippen LogP contribution in [-0.4, -0.2) is 20.6 Å². The fourth-order valence-electron chi connectivity index (χ4n) is 2.93. The second-order valence-electron chi connectivity index (χ2n) is 5.05. The molecule has 1 saturated carbocycles. The van der Waals surface area contributed by atoms with Crippen LogP contribution in [0.5, 0.6) is 0 Å². The lowest BCUT2D eigenvalue weighted by Gasteiger charge is -2.20. The van der Waals surface area contributed by atoms with Crippen LogP contribution in [0.15, 0.2) is 18.3 Å². The highest BCUT2D eigenvalue weighted by Gasteiger charge is 2.25. The van der Waals surface area contributed by atoms with Gasteiger partial charge in [0.1, 0.15) is 0 Å². The number of nitrogens with zero attached hydrogens (tertiary/aromatic N) is 3. The van der Waals surface area contributed by atoms with E-state index in [0.29, 0.717) is 5.92 Å². The summed E-state index contributed by atoms with van der Waals surface area (Å²) in [6.07, 6.45) is 7.77. The first-order valence-corrected chi connectivity index (χ1v) is 6.62. The van der Waals surface area contributed by atoms with Gasteiger partial charge in [0.25, 0.3) is 0 Å². The molecule has 2 heterocycles. The van der Waals surface area contributed by atoms with Crippen LogP contribution in [0.3, 0.4) is 0 Å². The molecule has 0 atom stereocenters. The van der Waals surface area contributed by atoms with Crippen molar-refractivity contribution in [2.75, 3.05) is 0 Å². The van der Waals surface area contributed by atoms with Gasteiger partial charge in [-0.3, -0.25) is 4.79 Å². The first-order chi connectivity index (χ1) is 8.77. The Morgan fingerprint density at radius 2 is 2.11 bits per heavy atom. The van der Waals surface area contributed by atoms with Gasteiger partial charge in [0.15, 0.2) is 5.78 Å². The monoisotopic (exact) mass is 243 g/mol. The predicted octanol–water partition coefficient (Wildman–Crippen LogP) is 2.98. The molecule has 1 aliphatic rings. The van der Waals surface area contributed by atoms with E-state index in [1.54, 1.807) is 17.8 Å². The van der Waals surface area contributed by atoms with E-state index in [4.69, 9.17) is 0 Å². The number of carbonyl (C=O) groups is 1. The lowest BCUT2D eigenvalue weighted by atomic mass is 9.85. The van der Waals surface area contributed by atoms with Gasteiger partial charge in [-0.05, 0) is 31.9 Å². The van der Waals surface area contributed by atoms with E-state index in [1.807, 2.05) is 12.1 Å². The summed E-state index contributed by atoms with van der Waals surface area (Å²) in [6, 6.07) is 3.77. The summed E-state index contributed by atoms with van der Waals surface area (Å²) in [5.41, 5.74) is 2.57. The maximum atomic E-state index is 11.9. The molecule has 4 heteroatoms. The zero-order chi connectivity index (χ0) is 12.5. The molecule has 0 aromatic carbocycles. The molecule has 18 heavy (non-hydrogen) atoms. The second-order valence-corrected chi connectivity index (χ2v) is 5.05. The summed E-state index contributed by atoms with van der Waals surface area (Å²) in [5, 5.41) is 8.74. The van der Waals surface area contributed by atoms with Crippen LogP contribution in [0.1, 0.15) is 61.0 Å². The van der Waals surface area contributed by atoms with Crippen LogP contribution in [0, 0.1) is 0 Å². The molecular weight excluding hydrogens is 226 g/mol. The van der Waals surface area contributed by atoms with Gasteiger partial charge >= 0.3 is 0 Å². The summed E-state index contributed by atoms with van der Waals surface area (Å²) >= 11 is 0. The van der Waals surface area contributed by atoms with Gasteiger partial charge in [-0.15, -0.1) is 0 Å². The molecule has 0 amide bonds. The van der Waals surface area contributed by atoms with Gasteiger partial charge in [-0.2, -0.15) is 14.8 Å². The molecule has 2 aromatic rings. The van der Waals surface area contributed by atoms with E-state index in [2.05, 4.69) is 10.2 Å². The van der Waals surface area contributed by atoms with Gasteiger partial charge < -0.3 is 0 Å². The zero-order valence-electron chi connectivity index (χ0n) is 10.6. The van der Waals surface area contributed by atoms with Crippen molar-refractivity contribution < 1.29 is 4.79 Å². The van der Waals surface area contributed by atoms with Crippen LogP contribution >= 0.6 is 0 Å². The molecule has 0 radical (unpaired) electrons. The Labute approximate surface area is 106 Å². The Morgan fingerprint density at radius 3 is 2.83 bits per heavy atom. The van der Waals surface area contributed by atoms with Crippen LogP contribution in [0.25, 0.3) is 5.52 Å². The lowest BCUT2D eigenvalue weighted by molar-refractivity contribution is 0.101. The molecule has 0 unspecified atom stereocenters. The minimum absolute atomic E-state index is 0.0959. The molecule has 0 saturated heterocycles. The molecular formula is C14H17N3O. The molecule has 0 spiro atoms. The third kappa shape index (κ3) is 1.82. The first kappa shape index (κ1) is 11.4. The Morgan fingerprint density at radius 1 is 1.33 bits per heavy atom. The first-order valence-electron chi connectivity index (χ1n) is 6.62. The van der Waals surface area contributed by atoms with Gasteiger partial charge in [0.05, 0.1) is 16.8 Å². The number of rotatable bonds is 2. The number of aromatic nitrogens is 3. The minimum Gasteiger partial charge on any atom is -0.294 e. The summed E-state index contributed by atoms with van der Waals surface area (Å²) in [4.78, 5) is 11.9. The molecule has 1 aliphatic carbocycles. The number of carbonyl (C=O) groups excluding carboxylic acids is 1. The topological polar surface area (TPSA) is 47.3 Å². The Bertz CT molecular complexity index is 582. The maximum Gasteiger partial charge on any atom is 0.163 e. The van der Waals surface area contributed by atoms with Gasteiger partial charge in [0.2, 0.25) is 0 Å². The molecule has 1 fully saturated rings. The largest absolute Gasteiger partial charge is 0.294 e. The van der Waals surface area contributed by atoms with Crippen LogP contribution in [0.2, 0.25) is 0 Å². The lowest BCUT2D eigenvalue weighted by Crippen LogP contribution is -2.09. The van der Waals surface area contributed by atoms with Gasteiger partial charge in [-0.25, -0.2) is 0 Å². The number of Topliss-reactive ketones (excluding diaryl/α,β-unsaturated/α-hetero) is 1. The fourth-order valence-corrected chi connectivity index (χ4v) is 2.93. The fraction of sp³-hybridized carbons (Fsp3) is 0.500. The standard InChI is InChI=1S/C14H17N3O/c1-10(18)13-12-8-5-9-15-17(12)16-14(13)11-6-3-2-4-7-11/h5,8-9,11H,2-4,6-7H2,1H3. The Hall–Kier alpha value is -1.71. The number of hydrogen-bond acceptors (Lipinski definition) is 3. The molecule has 0 aliphatic heterocycles. The molecule has 0 bridgehead atoms. The minimum atomic E-state index is 0.0959. The molecule has 2 aromatic heterocycles. The summed E-state index contributed by atoms with van der Waals surface area (Å²) in [7, 11) is 0. The average Bonchev–Trinajstić information content (AvgIpc) is 2.79. The van der Waals surface area contributed by atoms with Crippen molar-refractivity contribution in [2.45, 2.75) is 44.9 Å². The van der Waals surface area contributed by atoms with Crippen molar-refractivity contribution in [1.82, 2.24) is 14.8 Å². The van der Waals surface area contributed by atoms with Crippen LogP contribution < -0.4 is 0 Å². The average molecular weight is 243 g/mol. The van der Waals surface area contributed by atoms with Crippen LogP contribution in [0.4, 0.5) is 0 Å². The Balaban J connectivity index is 2.14. The highest BCUT2D eigenvalue weighted by molar-refractivity contribution is 6.02. The van der Waals surface area contributed by atoms with E-state index < -0.39 is 0 Å². The van der Waals surface area contributed by atoms with Crippen molar-refractivity contribution in [2.24, 2.45) is 0 Å². The smallest absolute Gasteiger partial charge is 0.163 e. The predicted molar refractivity (Wildman–Crippen MR) is 68.8 cm³/mol. The van der Waals surface area contributed by atoms with Crippen molar-refractivity contribution in [1.29, 1.82) is 0 Å². The van der Waals surface area contributed by atoms with E-state index >= 15 is 0 Å². The summed E-state index contributed by atoms with van der Waals surface area (Å²) in [6.45, 7) is 1.62. The van der Waals surface area contributed by atoms with E-state index in [-0.39, 0.29) is 5.78 Å². The van der Waals surface area contributed by atoms with E-state index in [9.17, 15) is 4.79 Å². The molecule has 3 rings (SSSR count). The highest BCUT2D eigenvalue weighted by Crippen LogP contribution is 2.34. The second kappa shape index (κ2) is 4.52. The molecule has 94 valence electrons. The van der Waals surface area contributed by atoms with E-state index in [1.165, 1.54) is 19.3 Å². The molecule has 4 nitrogen and oxygen atoms in total. The Kier molecular flexibility index (Phi) is 2.86. The normalized spacial score (nSPS) is 17.2. The third-order valence-corrected chi connectivity index (χ3v) is 3.79. The number of ketones is 1. The quantitative estimate of drug-likeness (QED) is 0.762. The molecule has 0 N–H and O–H groups in total. The van der Waals surface area contributed by atoms with Crippen molar-refractivity contribution in [3.05, 3.63) is 29.6 Å². The van der Waals surface area contributed by atoms with Gasteiger partial charge in [-0.1, -0.05) is 19.3 Å². The summed E-state index contributed by atoms with van der Waals surface area (Å²) < 4.78 is 1.60.